The number of nitrogens with one attached hydrogen (secondary N) is 1. The van der Waals surface area contributed by atoms with Gasteiger partial charge in [0, 0.05) is 18.8 Å². The minimum absolute atomic E-state index is 0.146. The molecule has 7 nitrogen and oxygen atoms in total. The van der Waals surface area contributed by atoms with Crippen LogP contribution < -0.4 is 10.9 Å². The molecule has 3 aromatic rings. The predicted molar refractivity (Wildman–Crippen MR) is 83.3 cm³/mol. The summed E-state index contributed by atoms with van der Waals surface area (Å²) in [4.78, 5) is 12.3. The Morgan fingerprint density at radius 2 is 2.12 bits per heavy atom. The van der Waals surface area contributed by atoms with Gasteiger partial charge in [-0.15, -0.1) is 5.10 Å². The van der Waals surface area contributed by atoms with Gasteiger partial charge >= 0.3 is 0 Å². The summed E-state index contributed by atoms with van der Waals surface area (Å²) in [7, 11) is 0. The molecule has 3 rings (SSSR count). The number of halogens is 3. The first kappa shape index (κ1) is 16.1. The molecule has 0 atom stereocenters. The maximum Gasteiger partial charge on any atom is 0.292 e. The van der Waals surface area contributed by atoms with Crippen molar-refractivity contribution < 1.29 is 8.78 Å². The quantitative estimate of drug-likeness (QED) is 0.758. The average molecular weight is 353 g/mol. The topological polar surface area (TPSA) is 77.6 Å². The van der Waals surface area contributed by atoms with Crippen molar-refractivity contribution >= 4 is 17.3 Å². The largest absolute Gasteiger partial charge is 0.381 e. The lowest BCUT2D eigenvalue weighted by Crippen LogP contribution is -2.24. The number of hydrogen-bond acceptors (Lipinski definition) is 5. The Kier molecular flexibility index (Phi) is 4.52. The molecule has 124 valence electrons. The van der Waals surface area contributed by atoms with Gasteiger partial charge in [-0.25, -0.2) is 8.78 Å². The summed E-state index contributed by atoms with van der Waals surface area (Å²) in [6.07, 6.45) is 4.54. The van der Waals surface area contributed by atoms with E-state index in [2.05, 4.69) is 20.7 Å². The van der Waals surface area contributed by atoms with Crippen molar-refractivity contribution in [1.29, 1.82) is 0 Å². The van der Waals surface area contributed by atoms with Crippen LogP contribution in [0.2, 0.25) is 5.02 Å². The van der Waals surface area contributed by atoms with Crippen LogP contribution >= 0.6 is 11.6 Å². The van der Waals surface area contributed by atoms with Gasteiger partial charge in [-0.1, -0.05) is 16.8 Å². The Bertz CT molecular complexity index is 912. The van der Waals surface area contributed by atoms with Gasteiger partial charge in [0.05, 0.1) is 24.6 Å². The van der Waals surface area contributed by atoms with Gasteiger partial charge in [0.25, 0.3) is 5.56 Å². The second kappa shape index (κ2) is 6.75. The van der Waals surface area contributed by atoms with Crippen molar-refractivity contribution in [2.45, 2.75) is 6.54 Å². The molecule has 0 spiro atoms. The first-order valence-corrected chi connectivity index (χ1v) is 7.25. The zero-order valence-electron chi connectivity index (χ0n) is 12.2. The molecule has 0 bridgehead atoms. The summed E-state index contributed by atoms with van der Waals surface area (Å²) in [5, 5.41) is 14.1. The lowest BCUT2D eigenvalue weighted by Gasteiger charge is -2.10. The molecule has 0 amide bonds. The SMILES string of the molecule is O=c1c(Cl)c(NCCn2ccnn2)cnn1-c1ccc(F)cc1F. The molecule has 0 aliphatic heterocycles. The van der Waals surface area contributed by atoms with Crippen molar-refractivity contribution in [2.24, 2.45) is 0 Å². The highest BCUT2D eigenvalue weighted by molar-refractivity contribution is 6.32. The monoisotopic (exact) mass is 352 g/mol. The standard InChI is InChI=1S/C14H11ClF2N6O/c15-13-11(18-3-5-22-6-4-19-21-22)8-20-23(14(13)24)12-2-1-9(16)7-10(12)17/h1-2,4,6-8,18H,3,5H2. The summed E-state index contributed by atoms with van der Waals surface area (Å²) in [5.74, 6) is -1.66. The number of hydrogen-bond donors (Lipinski definition) is 1. The van der Waals surface area contributed by atoms with E-state index in [9.17, 15) is 13.6 Å². The summed E-state index contributed by atoms with van der Waals surface area (Å²) < 4.78 is 29.1. The number of benzene rings is 1. The second-order valence-electron chi connectivity index (χ2n) is 4.78. The van der Waals surface area contributed by atoms with Crippen LogP contribution in [-0.4, -0.2) is 31.3 Å². The normalized spacial score (nSPS) is 10.8. The molecule has 0 saturated carbocycles. The zero-order valence-corrected chi connectivity index (χ0v) is 12.9. The fourth-order valence-electron chi connectivity index (χ4n) is 2.04. The predicted octanol–water partition coefficient (Wildman–Crippen LogP) is 1.87. The minimum atomic E-state index is -0.910. The molecule has 1 aromatic carbocycles. The van der Waals surface area contributed by atoms with Gasteiger partial charge in [-0.05, 0) is 12.1 Å². The third kappa shape index (κ3) is 3.25. The third-order valence-electron chi connectivity index (χ3n) is 3.19. The van der Waals surface area contributed by atoms with E-state index in [0.29, 0.717) is 24.8 Å². The highest BCUT2D eigenvalue weighted by Gasteiger charge is 2.14. The van der Waals surface area contributed by atoms with Crippen molar-refractivity contribution in [3.63, 3.8) is 0 Å². The van der Waals surface area contributed by atoms with Crippen LogP contribution in [0.3, 0.4) is 0 Å². The summed E-state index contributed by atoms with van der Waals surface area (Å²) in [5.41, 5.74) is -0.592. The minimum Gasteiger partial charge on any atom is -0.381 e. The lowest BCUT2D eigenvalue weighted by atomic mass is 10.3. The molecule has 0 fully saturated rings. The van der Waals surface area contributed by atoms with E-state index in [1.165, 1.54) is 6.20 Å². The highest BCUT2D eigenvalue weighted by Crippen LogP contribution is 2.18. The van der Waals surface area contributed by atoms with E-state index in [1.807, 2.05) is 0 Å². The van der Waals surface area contributed by atoms with Crippen molar-refractivity contribution in [3.8, 4) is 5.69 Å². The smallest absolute Gasteiger partial charge is 0.292 e. The average Bonchev–Trinajstić information content (AvgIpc) is 3.06. The highest BCUT2D eigenvalue weighted by atomic mass is 35.5. The molecule has 24 heavy (non-hydrogen) atoms. The van der Waals surface area contributed by atoms with E-state index < -0.39 is 17.2 Å². The molecular formula is C14H11ClF2N6O. The van der Waals surface area contributed by atoms with Gasteiger partial charge in [0.15, 0.2) is 5.82 Å². The number of nitrogens with zero attached hydrogens (tertiary/aromatic N) is 5. The molecule has 2 heterocycles. The number of anilines is 1. The third-order valence-corrected chi connectivity index (χ3v) is 3.55. The van der Waals surface area contributed by atoms with E-state index in [-0.39, 0.29) is 10.7 Å². The molecule has 0 aliphatic carbocycles. The van der Waals surface area contributed by atoms with Gasteiger partial charge < -0.3 is 5.32 Å². The van der Waals surface area contributed by atoms with E-state index in [0.717, 1.165) is 16.8 Å². The van der Waals surface area contributed by atoms with Crippen LogP contribution in [0.1, 0.15) is 0 Å². The van der Waals surface area contributed by atoms with Crippen LogP contribution in [0.15, 0.2) is 41.6 Å². The van der Waals surface area contributed by atoms with Crippen LogP contribution in [0.4, 0.5) is 14.5 Å². The zero-order chi connectivity index (χ0) is 17.1. The van der Waals surface area contributed by atoms with Crippen LogP contribution in [0.5, 0.6) is 0 Å². The van der Waals surface area contributed by atoms with Crippen molar-refractivity contribution in [3.05, 3.63) is 63.8 Å². The fraction of sp³-hybridized carbons (Fsp3) is 0.143. The van der Waals surface area contributed by atoms with Crippen LogP contribution in [0.25, 0.3) is 5.69 Å². The lowest BCUT2D eigenvalue weighted by molar-refractivity contribution is 0.570. The first-order valence-electron chi connectivity index (χ1n) is 6.87. The summed E-state index contributed by atoms with van der Waals surface area (Å²) >= 11 is 6.03. The Hall–Kier alpha value is -2.81. The van der Waals surface area contributed by atoms with Gasteiger partial charge in [0.1, 0.15) is 16.5 Å². The summed E-state index contributed by atoms with van der Waals surface area (Å²) in [6, 6.07) is 2.82. The number of rotatable bonds is 5. The molecular weight excluding hydrogens is 342 g/mol. The van der Waals surface area contributed by atoms with Crippen molar-refractivity contribution in [2.75, 3.05) is 11.9 Å². The first-order chi connectivity index (χ1) is 11.6. The Labute approximate surface area is 139 Å². The molecule has 1 N–H and O–H groups in total. The van der Waals surface area contributed by atoms with Gasteiger partial charge in [-0.2, -0.15) is 9.78 Å². The van der Waals surface area contributed by atoms with E-state index in [1.54, 1.807) is 17.1 Å². The Morgan fingerprint density at radius 1 is 1.29 bits per heavy atom. The molecule has 0 radical (unpaired) electrons. The molecule has 0 saturated heterocycles. The fourth-order valence-corrected chi connectivity index (χ4v) is 2.23. The van der Waals surface area contributed by atoms with Crippen LogP contribution in [-0.2, 0) is 6.54 Å². The van der Waals surface area contributed by atoms with Crippen LogP contribution in [0, 0.1) is 11.6 Å². The summed E-state index contributed by atoms with van der Waals surface area (Å²) in [6.45, 7) is 0.936. The van der Waals surface area contributed by atoms with Crippen molar-refractivity contribution in [1.82, 2.24) is 24.8 Å². The molecule has 10 heteroatoms. The maximum absolute atomic E-state index is 13.8. The number of aromatic nitrogens is 5. The second-order valence-corrected chi connectivity index (χ2v) is 5.16. The molecule has 0 aliphatic rings. The molecule has 2 aromatic heterocycles. The van der Waals surface area contributed by atoms with E-state index in [4.69, 9.17) is 11.6 Å². The van der Waals surface area contributed by atoms with Gasteiger partial charge in [0.2, 0.25) is 0 Å². The Balaban J connectivity index is 1.82. The Morgan fingerprint density at radius 3 is 2.83 bits per heavy atom. The van der Waals surface area contributed by atoms with Gasteiger partial charge in [-0.3, -0.25) is 9.48 Å². The maximum atomic E-state index is 13.8. The molecule has 0 unspecified atom stereocenters. The van der Waals surface area contributed by atoms with E-state index >= 15 is 0 Å².